The molecule has 2 saturated heterocycles. The van der Waals surface area contributed by atoms with Crippen molar-refractivity contribution < 1.29 is 19.4 Å². The van der Waals surface area contributed by atoms with E-state index in [-0.39, 0.29) is 24.3 Å². The third-order valence-electron chi connectivity index (χ3n) is 5.98. The lowest BCUT2D eigenvalue weighted by Gasteiger charge is -2.38. The molecule has 2 aliphatic heterocycles. The van der Waals surface area contributed by atoms with Gasteiger partial charge in [0.05, 0.1) is 18.5 Å². The van der Waals surface area contributed by atoms with Crippen molar-refractivity contribution in [1.82, 2.24) is 19.8 Å². The van der Waals surface area contributed by atoms with E-state index in [9.17, 15) is 9.59 Å². The van der Waals surface area contributed by atoms with E-state index in [4.69, 9.17) is 9.84 Å². The summed E-state index contributed by atoms with van der Waals surface area (Å²) in [5.41, 5.74) is -0.107. The second-order valence-electron chi connectivity index (χ2n) is 8.39. The molecule has 3 heterocycles. The van der Waals surface area contributed by atoms with E-state index in [0.717, 1.165) is 38.4 Å². The standard InChI is InChI=1S/C20H29N5O4/c26-19-13-29-16(7-22-18-9-21-8-17(23-18)20(27)28)12-25(19)11-15-3-5-24(6-4-15)10-14-1-2-14/h8-9,14-16H,1-7,10-13H2,(H,22,23)(H,27,28). The number of carbonyl (C=O) groups excluding carboxylic acids is 1. The molecule has 158 valence electrons. The van der Waals surface area contributed by atoms with Gasteiger partial charge in [-0.15, -0.1) is 0 Å². The third kappa shape index (κ3) is 5.63. The summed E-state index contributed by atoms with van der Waals surface area (Å²) in [6.07, 6.45) is 7.62. The second-order valence-corrected chi connectivity index (χ2v) is 8.39. The predicted molar refractivity (Wildman–Crippen MR) is 106 cm³/mol. The second kappa shape index (κ2) is 9.04. The van der Waals surface area contributed by atoms with Crippen molar-refractivity contribution in [3.63, 3.8) is 0 Å². The zero-order chi connectivity index (χ0) is 20.2. The van der Waals surface area contributed by atoms with Crippen LogP contribution < -0.4 is 5.32 Å². The maximum absolute atomic E-state index is 12.3. The van der Waals surface area contributed by atoms with E-state index < -0.39 is 5.97 Å². The van der Waals surface area contributed by atoms with Gasteiger partial charge in [-0.05, 0) is 50.6 Å². The molecule has 1 aliphatic carbocycles. The highest BCUT2D eigenvalue weighted by Gasteiger charge is 2.31. The molecule has 9 heteroatoms. The average Bonchev–Trinajstić information content (AvgIpc) is 3.54. The van der Waals surface area contributed by atoms with Gasteiger partial charge < -0.3 is 25.0 Å². The van der Waals surface area contributed by atoms with Crippen LogP contribution in [0.3, 0.4) is 0 Å². The maximum Gasteiger partial charge on any atom is 0.356 e. The number of hydrogen-bond acceptors (Lipinski definition) is 7. The molecule has 0 aromatic carbocycles. The molecule has 3 fully saturated rings. The number of hydrogen-bond donors (Lipinski definition) is 2. The molecule has 9 nitrogen and oxygen atoms in total. The van der Waals surface area contributed by atoms with Crippen molar-refractivity contribution in [3.05, 3.63) is 18.1 Å². The zero-order valence-electron chi connectivity index (χ0n) is 16.6. The molecule has 1 aromatic rings. The van der Waals surface area contributed by atoms with E-state index in [0.29, 0.717) is 24.8 Å². The molecule has 1 amide bonds. The Kier molecular flexibility index (Phi) is 6.25. The molecule has 29 heavy (non-hydrogen) atoms. The fourth-order valence-corrected chi connectivity index (χ4v) is 4.08. The van der Waals surface area contributed by atoms with Crippen molar-refractivity contribution >= 4 is 17.7 Å². The number of piperidine rings is 1. The molecule has 2 N–H and O–H groups in total. The molecule has 4 rings (SSSR count). The first-order valence-corrected chi connectivity index (χ1v) is 10.5. The molecule has 1 unspecified atom stereocenters. The van der Waals surface area contributed by atoms with Gasteiger partial charge in [0.25, 0.3) is 0 Å². The fourth-order valence-electron chi connectivity index (χ4n) is 4.08. The monoisotopic (exact) mass is 403 g/mol. The summed E-state index contributed by atoms with van der Waals surface area (Å²) in [5.74, 6) is 0.810. The van der Waals surface area contributed by atoms with Gasteiger partial charge in [-0.25, -0.2) is 9.78 Å². The zero-order valence-corrected chi connectivity index (χ0v) is 16.6. The molecule has 1 aromatic heterocycles. The third-order valence-corrected chi connectivity index (χ3v) is 5.98. The van der Waals surface area contributed by atoms with Crippen LogP contribution in [-0.4, -0.2) is 88.7 Å². The van der Waals surface area contributed by atoms with Crippen molar-refractivity contribution in [2.24, 2.45) is 11.8 Å². The number of aromatic carboxylic acids is 1. The van der Waals surface area contributed by atoms with Gasteiger partial charge in [0.1, 0.15) is 12.4 Å². The van der Waals surface area contributed by atoms with Crippen molar-refractivity contribution in [2.75, 3.05) is 51.2 Å². The Morgan fingerprint density at radius 1 is 1.17 bits per heavy atom. The highest BCUT2D eigenvalue weighted by Crippen LogP contribution is 2.31. The first-order chi connectivity index (χ1) is 14.1. The number of carboxylic acid groups (broad SMARTS) is 1. The van der Waals surface area contributed by atoms with Gasteiger partial charge in [-0.1, -0.05) is 0 Å². The summed E-state index contributed by atoms with van der Waals surface area (Å²) in [7, 11) is 0. The number of aromatic nitrogens is 2. The van der Waals surface area contributed by atoms with Crippen LogP contribution in [-0.2, 0) is 9.53 Å². The minimum absolute atomic E-state index is 0.0503. The summed E-state index contributed by atoms with van der Waals surface area (Å²) in [6.45, 7) is 5.41. The molecular formula is C20H29N5O4. The average molecular weight is 403 g/mol. The summed E-state index contributed by atoms with van der Waals surface area (Å²) < 4.78 is 5.65. The molecule has 0 spiro atoms. The number of rotatable bonds is 8. The molecular weight excluding hydrogens is 374 g/mol. The lowest BCUT2D eigenvalue weighted by Crippen LogP contribution is -2.51. The lowest BCUT2D eigenvalue weighted by atomic mass is 9.95. The number of carboxylic acids is 1. The van der Waals surface area contributed by atoms with Crippen LogP contribution >= 0.6 is 0 Å². The molecule has 1 saturated carbocycles. The molecule has 0 bridgehead atoms. The number of ether oxygens (including phenoxy) is 1. The highest BCUT2D eigenvalue weighted by atomic mass is 16.5. The fraction of sp³-hybridized carbons (Fsp3) is 0.700. The summed E-state index contributed by atoms with van der Waals surface area (Å²) >= 11 is 0. The Morgan fingerprint density at radius 3 is 2.66 bits per heavy atom. The Morgan fingerprint density at radius 2 is 1.93 bits per heavy atom. The quantitative estimate of drug-likeness (QED) is 0.660. The van der Waals surface area contributed by atoms with Gasteiger partial charge in [0.15, 0.2) is 5.69 Å². The van der Waals surface area contributed by atoms with Crippen LogP contribution in [0.25, 0.3) is 0 Å². The van der Waals surface area contributed by atoms with Crippen LogP contribution in [0.2, 0.25) is 0 Å². The number of amides is 1. The largest absolute Gasteiger partial charge is 0.476 e. The van der Waals surface area contributed by atoms with Crippen molar-refractivity contribution in [2.45, 2.75) is 31.8 Å². The van der Waals surface area contributed by atoms with Gasteiger partial charge >= 0.3 is 5.97 Å². The number of nitrogens with one attached hydrogen (secondary N) is 1. The maximum atomic E-state index is 12.3. The summed E-state index contributed by atoms with van der Waals surface area (Å²) in [5, 5.41) is 12.1. The van der Waals surface area contributed by atoms with Gasteiger partial charge in [0.2, 0.25) is 5.91 Å². The topological polar surface area (TPSA) is 108 Å². The number of anilines is 1. The molecule has 0 radical (unpaired) electrons. The number of carbonyl (C=O) groups is 2. The molecule has 3 aliphatic rings. The van der Waals surface area contributed by atoms with E-state index in [1.807, 2.05) is 4.90 Å². The van der Waals surface area contributed by atoms with E-state index >= 15 is 0 Å². The Labute approximate surface area is 170 Å². The van der Waals surface area contributed by atoms with Crippen LogP contribution in [0.1, 0.15) is 36.2 Å². The van der Waals surface area contributed by atoms with Gasteiger partial charge in [0, 0.05) is 26.2 Å². The summed E-state index contributed by atoms with van der Waals surface area (Å²) in [4.78, 5) is 35.7. The Bertz CT molecular complexity index is 733. The van der Waals surface area contributed by atoms with Crippen LogP contribution in [0.15, 0.2) is 12.4 Å². The lowest BCUT2D eigenvalue weighted by molar-refractivity contribution is -0.149. The van der Waals surface area contributed by atoms with E-state index in [2.05, 4.69) is 20.2 Å². The first kappa shape index (κ1) is 20.0. The van der Waals surface area contributed by atoms with E-state index in [1.54, 1.807) is 0 Å². The molecule has 1 atom stereocenters. The minimum atomic E-state index is -1.12. The number of likely N-dealkylation sites (tertiary alicyclic amines) is 1. The van der Waals surface area contributed by atoms with Crippen LogP contribution in [0, 0.1) is 11.8 Å². The normalized spacial score (nSPS) is 23.9. The van der Waals surface area contributed by atoms with Crippen LogP contribution in [0.5, 0.6) is 0 Å². The van der Waals surface area contributed by atoms with Crippen LogP contribution in [0.4, 0.5) is 5.82 Å². The first-order valence-electron chi connectivity index (χ1n) is 10.5. The summed E-state index contributed by atoms with van der Waals surface area (Å²) in [6, 6.07) is 0. The van der Waals surface area contributed by atoms with Gasteiger partial charge in [-0.2, -0.15) is 0 Å². The van der Waals surface area contributed by atoms with Crippen molar-refractivity contribution in [1.29, 1.82) is 0 Å². The number of morpholine rings is 1. The van der Waals surface area contributed by atoms with Gasteiger partial charge in [-0.3, -0.25) is 9.78 Å². The Balaban J connectivity index is 1.23. The minimum Gasteiger partial charge on any atom is -0.476 e. The van der Waals surface area contributed by atoms with E-state index in [1.165, 1.54) is 31.8 Å². The smallest absolute Gasteiger partial charge is 0.356 e. The number of nitrogens with zero attached hydrogens (tertiary/aromatic N) is 4. The van der Waals surface area contributed by atoms with Crippen molar-refractivity contribution in [3.8, 4) is 0 Å². The predicted octanol–water partition coefficient (Wildman–Crippen LogP) is 0.936. The SMILES string of the molecule is O=C(O)c1cncc(NCC2CN(CC3CCN(CC4CC4)CC3)C(=O)CO2)n1. The Hall–Kier alpha value is -2.26. The highest BCUT2D eigenvalue weighted by molar-refractivity contribution is 5.85.